The average Bonchev–Trinajstić information content (AvgIpc) is 3.16. The number of likely N-dealkylation sites (N-methyl/N-ethyl adjacent to an activating group) is 1. The number of benzene rings is 3. The van der Waals surface area contributed by atoms with Crippen molar-refractivity contribution in [2.75, 3.05) is 25.5 Å². The largest absolute Gasteiger partial charge is 0.488 e. The van der Waals surface area contributed by atoms with Crippen molar-refractivity contribution < 1.29 is 14.2 Å². The predicted molar refractivity (Wildman–Crippen MR) is 140 cm³/mol. The summed E-state index contributed by atoms with van der Waals surface area (Å²) in [4.78, 5) is 6.80. The van der Waals surface area contributed by atoms with Gasteiger partial charge in [-0.25, -0.2) is 9.37 Å². The lowest BCUT2D eigenvalue weighted by Gasteiger charge is -2.35. The molecule has 1 aromatic heterocycles. The third-order valence-corrected chi connectivity index (χ3v) is 7.20. The lowest BCUT2D eigenvalue weighted by molar-refractivity contribution is 0.0403. The monoisotopic (exact) mass is 495 g/mol. The number of likely N-dealkylation sites (tertiary alicyclic amines) is 1. The Labute approximate surface area is 214 Å². The smallest absolute Gasteiger partial charge is 0.217 e. The number of β-amino-alcohol motifs (C(OH)–C–C–N with tert-alkyl or cyclic N) is 1. The van der Waals surface area contributed by atoms with E-state index in [2.05, 4.69) is 16.3 Å². The molecule has 4 aromatic rings. The highest BCUT2D eigenvalue weighted by Crippen LogP contribution is 2.39. The normalized spacial score (nSPS) is 20.5. The number of ether oxygens (including phenoxy) is 1. The van der Waals surface area contributed by atoms with Crippen LogP contribution in [-0.4, -0.2) is 45.8 Å². The number of nitrogens with one attached hydrogen (secondary N) is 1. The van der Waals surface area contributed by atoms with E-state index in [-0.39, 0.29) is 11.9 Å². The first-order valence-corrected chi connectivity index (χ1v) is 12.3. The fourth-order valence-electron chi connectivity index (χ4n) is 5.43. The van der Waals surface area contributed by atoms with Crippen LogP contribution in [0.2, 0.25) is 0 Å². The van der Waals surface area contributed by atoms with Gasteiger partial charge in [-0.05, 0) is 66.1 Å². The molecule has 2 aliphatic rings. The zero-order valence-corrected chi connectivity index (χ0v) is 20.4. The van der Waals surface area contributed by atoms with Gasteiger partial charge in [0.05, 0.1) is 23.2 Å². The number of hydrogen-bond donors (Lipinski definition) is 2. The van der Waals surface area contributed by atoms with Crippen LogP contribution in [0.4, 0.5) is 10.3 Å². The summed E-state index contributed by atoms with van der Waals surface area (Å²) in [5, 5.41) is 22.9. The molecule has 186 valence electrons. The molecule has 7 nitrogen and oxygen atoms in total. The van der Waals surface area contributed by atoms with E-state index in [4.69, 9.17) is 9.72 Å². The van der Waals surface area contributed by atoms with E-state index in [1.807, 2.05) is 60.3 Å². The second kappa shape index (κ2) is 9.36. The Bertz CT molecular complexity index is 1570. The van der Waals surface area contributed by atoms with Crippen LogP contribution < -0.4 is 10.1 Å². The maximum atomic E-state index is 14.0. The number of halogens is 1. The van der Waals surface area contributed by atoms with Crippen molar-refractivity contribution in [1.82, 2.24) is 14.5 Å². The summed E-state index contributed by atoms with van der Waals surface area (Å²) in [5.41, 5.74) is 6.27. The summed E-state index contributed by atoms with van der Waals surface area (Å²) in [6, 6.07) is 18.4. The van der Waals surface area contributed by atoms with Crippen LogP contribution >= 0.6 is 0 Å². The molecule has 1 saturated heterocycles. The molecule has 2 N–H and O–H groups in total. The van der Waals surface area contributed by atoms with Crippen molar-refractivity contribution in [3.63, 3.8) is 0 Å². The summed E-state index contributed by atoms with van der Waals surface area (Å²) in [5.74, 6) is 0.583. The molecule has 0 spiro atoms. The quantitative estimate of drug-likeness (QED) is 0.314. The molecule has 0 amide bonds. The summed E-state index contributed by atoms with van der Waals surface area (Å²) >= 11 is 0. The van der Waals surface area contributed by atoms with Crippen molar-refractivity contribution in [2.45, 2.75) is 25.2 Å². The minimum Gasteiger partial charge on any atom is -0.488 e. The fraction of sp³-hybridized carbons (Fsp3) is 0.241. The second-order valence-electron chi connectivity index (χ2n) is 9.62. The van der Waals surface area contributed by atoms with E-state index in [1.165, 1.54) is 12.1 Å². The van der Waals surface area contributed by atoms with Gasteiger partial charge in [-0.1, -0.05) is 30.3 Å². The van der Waals surface area contributed by atoms with E-state index in [0.717, 1.165) is 51.8 Å². The zero-order valence-electron chi connectivity index (χ0n) is 20.4. The average molecular weight is 496 g/mol. The molecule has 2 atom stereocenters. The molecule has 0 unspecified atom stereocenters. The van der Waals surface area contributed by atoms with Gasteiger partial charge in [-0.15, -0.1) is 0 Å². The lowest BCUT2D eigenvalue weighted by atomic mass is 9.92. The standard InChI is InChI=1S/C29H26FN5O2/c1-34-11-10-26(27(36)15-34)35-25-9-6-18(13-24(25)33-29(35)32-17-31)12-23-21-5-3-2-4-19(21)16-37-28-14-20(30)7-8-22(23)28/h2-9,12-14,26-27,36H,10-11,15-16H2,1H3,(H,32,33)/t26-,27+/m0/s1. The third kappa shape index (κ3) is 4.22. The predicted octanol–water partition coefficient (Wildman–Crippen LogP) is 4.79. The highest BCUT2D eigenvalue weighted by molar-refractivity contribution is 5.96. The number of aromatic nitrogens is 2. The van der Waals surface area contributed by atoms with Gasteiger partial charge in [0.25, 0.3) is 0 Å². The molecule has 0 saturated carbocycles. The number of piperidine rings is 1. The molecule has 3 aromatic carbocycles. The molecule has 0 aliphatic carbocycles. The topological polar surface area (TPSA) is 86.3 Å². The van der Waals surface area contributed by atoms with Crippen molar-refractivity contribution in [1.29, 1.82) is 5.26 Å². The molecule has 2 aliphatic heterocycles. The molecule has 1 fully saturated rings. The van der Waals surface area contributed by atoms with Gasteiger partial charge in [0.15, 0.2) is 6.19 Å². The number of imidazole rings is 1. The second-order valence-corrected chi connectivity index (χ2v) is 9.62. The first kappa shape index (κ1) is 23.2. The van der Waals surface area contributed by atoms with Crippen LogP contribution in [0.5, 0.6) is 5.75 Å². The van der Waals surface area contributed by atoms with E-state index >= 15 is 0 Å². The number of rotatable bonds is 3. The maximum absolute atomic E-state index is 14.0. The number of anilines is 1. The third-order valence-electron chi connectivity index (χ3n) is 7.20. The Kier molecular flexibility index (Phi) is 5.87. The van der Waals surface area contributed by atoms with Crippen LogP contribution in [0.25, 0.3) is 22.7 Å². The molecule has 6 rings (SSSR count). The maximum Gasteiger partial charge on any atom is 0.217 e. The van der Waals surface area contributed by atoms with Crippen LogP contribution in [0.3, 0.4) is 0 Å². The number of nitrogens with zero attached hydrogens (tertiary/aromatic N) is 4. The molecule has 3 heterocycles. The van der Waals surface area contributed by atoms with E-state index in [1.54, 1.807) is 6.07 Å². The van der Waals surface area contributed by atoms with Crippen molar-refractivity contribution >= 4 is 28.6 Å². The summed E-state index contributed by atoms with van der Waals surface area (Å²) < 4.78 is 21.9. The molecular weight excluding hydrogens is 469 g/mol. The number of aliphatic hydroxyl groups excluding tert-OH is 1. The fourth-order valence-corrected chi connectivity index (χ4v) is 5.43. The first-order chi connectivity index (χ1) is 18.0. The zero-order chi connectivity index (χ0) is 25.5. The van der Waals surface area contributed by atoms with Gasteiger partial charge in [-0.2, -0.15) is 5.26 Å². The Hall–Kier alpha value is -4.19. The Morgan fingerprint density at radius 2 is 2.03 bits per heavy atom. The van der Waals surface area contributed by atoms with Crippen LogP contribution in [0.1, 0.15) is 34.7 Å². The van der Waals surface area contributed by atoms with E-state index in [0.29, 0.717) is 24.8 Å². The Morgan fingerprint density at radius 1 is 1.16 bits per heavy atom. The van der Waals surface area contributed by atoms with E-state index in [9.17, 15) is 14.8 Å². The number of fused-ring (bicyclic) bond motifs is 3. The molecule has 0 radical (unpaired) electrons. The van der Waals surface area contributed by atoms with Crippen molar-refractivity contribution in [3.8, 4) is 11.9 Å². The first-order valence-electron chi connectivity index (χ1n) is 12.3. The summed E-state index contributed by atoms with van der Waals surface area (Å²) in [6.45, 7) is 1.76. The van der Waals surface area contributed by atoms with Gasteiger partial charge >= 0.3 is 0 Å². The molecule has 37 heavy (non-hydrogen) atoms. The summed E-state index contributed by atoms with van der Waals surface area (Å²) in [7, 11) is 1.99. The minimum absolute atomic E-state index is 0.186. The van der Waals surface area contributed by atoms with Crippen LogP contribution in [-0.2, 0) is 6.61 Å². The minimum atomic E-state index is -0.573. The Balaban J connectivity index is 1.48. The van der Waals surface area contributed by atoms with Gasteiger partial charge in [0.1, 0.15) is 18.2 Å². The molecular formula is C29H26FN5O2. The number of nitriles is 1. The van der Waals surface area contributed by atoms with Gasteiger partial charge in [-0.3, -0.25) is 5.32 Å². The van der Waals surface area contributed by atoms with Crippen LogP contribution in [0, 0.1) is 17.3 Å². The van der Waals surface area contributed by atoms with Gasteiger partial charge < -0.3 is 19.3 Å². The van der Waals surface area contributed by atoms with Gasteiger partial charge in [0.2, 0.25) is 5.95 Å². The van der Waals surface area contributed by atoms with E-state index < -0.39 is 6.10 Å². The number of aliphatic hydroxyl groups is 1. The number of hydrogen-bond acceptors (Lipinski definition) is 6. The highest BCUT2D eigenvalue weighted by Gasteiger charge is 2.30. The van der Waals surface area contributed by atoms with Crippen molar-refractivity contribution in [3.05, 3.63) is 88.7 Å². The van der Waals surface area contributed by atoms with Crippen molar-refractivity contribution in [2.24, 2.45) is 0 Å². The molecule has 8 heteroatoms. The van der Waals surface area contributed by atoms with Crippen LogP contribution in [0.15, 0.2) is 60.7 Å². The Morgan fingerprint density at radius 3 is 2.86 bits per heavy atom. The summed E-state index contributed by atoms with van der Waals surface area (Å²) in [6.07, 6.45) is 4.22. The SMILES string of the molecule is CN1CC[C@H](n2c(NC#N)nc3cc(C=C4c5ccccc5COc5cc(F)ccc54)ccc32)[C@H](O)C1. The lowest BCUT2D eigenvalue weighted by Crippen LogP contribution is -2.42. The molecule has 0 bridgehead atoms. The van der Waals surface area contributed by atoms with Gasteiger partial charge in [0, 0.05) is 24.7 Å². The highest BCUT2D eigenvalue weighted by atomic mass is 19.1.